The summed E-state index contributed by atoms with van der Waals surface area (Å²) >= 11 is 0. The number of sulfone groups is 1. The first-order valence-corrected chi connectivity index (χ1v) is 8.48. The topological polar surface area (TPSA) is 49.4 Å². The molecule has 1 N–H and O–H groups in total. The standard InChI is InChI=1S/C12H26N2O2S/c1-3-4-5-7-13-8-9-14(2)12-6-10-17(15,16)11-12/h12-13H,3-11H2,1-2H3. The zero-order chi connectivity index (χ0) is 12.7. The summed E-state index contributed by atoms with van der Waals surface area (Å²) in [6.45, 7) is 5.17. The Kier molecular flexibility index (Phi) is 6.44. The smallest absolute Gasteiger partial charge is 0.151 e. The second kappa shape index (κ2) is 7.34. The number of hydrogen-bond acceptors (Lipinski definition) is 4. The molecule has 1 aliphatic rings. The molecule has 0 amide bonds. The monoisotopic (exact) mass is 262 g/mol. The lowest BCUT2D eigenvalue weighted by atomic mass is 10.2. The molecule has 1 heterocycles. The van der Waals surface area contributed by atoms with E-state index in [-0.39, 0.29) is 6.04 Å². The van der Waals surface area contributed by atoms with E-state index in [2.05, 4.69) is 17.1 Å². The van der Waals surface area contributed by atoms with Crippen molar-refractivity contribution in [2.75, 3.05) is 38.2 Å². The fourth-order valence-electron chi connectivity index (χ4n) is 2.19. The van der Waals surface area contributed by atoms with E-state index in [0.29, 0.717) is 11.5 Å². The van der Waals surface area contributed by atoms with Gasteiger partial charge < -0.3 is 10.2 Å². The van der Waals surface area contributed by atoms with E-state index < -0.39 is 9.84 Å². The maximum atomic E-state index is 11.4. The van der Waals surface area contributed by atoms with Crippen molar-refractivity contribution in [3.63, 3.8) is 0 Å². The summed E-state index contributed by atoms with van der Waals surface area (Å²) in [7, 11) is -0.718. The number of nitrogens with one attached hydrogen (secondary N) is 1. The van der Waals surface area contributed by atoms with E-state index in [1.54, 1.807) is 0 Å². The van der Waals surface area contributed by atoms with Gasteiger partial charge in [0.2, 0.25) is 0 Å². The van der Waals surface area contributed by atoms with Crippen molar-refractivity contribution in [2.45, 2.75) is 38.6 Å². The third-order valence-electron chi connectivity index (χ3n) is 3.43. The molecular weight excluding hydrogens is 236 g/mol. The molecule has 0 aromatic carbocycles. The molecule has 0 radical (unpaired) electrons. The third kappa shape index (κ3) is 5.84. The van der Waals surface area contributed by atoms with Crippen LogP contribution in [0.1, 0.15) is 32.6 Å². The van der Waals surface area contributed by atoms with Crippen molar-refractivity contribution < 1.29 is 8.42 Å². The first-order valence-electron chi connectivity index (χ1n) is 6.66. The number of likely N-dealkylation sites (N-methyl/N-ethyl adjacent to an activating group) is 1. The molecule has 1 unspecified atom stereocenters. The van der Waals surface area contributed by atoms with Gasteiger partial charge in [-0.05, 0) is 26.4 Å². The van der Waals surface area contributed by atoms with Crippen LogP contribution in [0.25, 0.3) is 0 Å². The maximum Gasteiger partial charge on any atom is 0.151 e. The lowest BCUT2D eigenvalue weighted by molar-refractivity contribution is 0.261. The van der Waals surface area contributed by atoms with Crippen LogP contribution >= 0.6 is 0 Å². The lowest BCUT2D eigenvalue weighted by Gasteiger charge is -2.23. The highest BCUT2D eigenvalue weighted by molar-refractivity contribution is 7.91. The van der Waals surface area contributed by atoms with Crippen molar-refractivity contribution in [2.24, 2.45) is 0 Å². The van der Waals surface area contributed by atoms with E-state index in [1.165, 1.54) is 19.3 Å². The van der Waals surface area contributed by atoms with E-state index >= 15 is 0 Å². The van der Waals surface area contributed by atoms with Crippen LogP contribution in [0.3, 0.4) is 0 Å². The molecule has 102 valence electrons. The third-order valence-corrected chi connectivity index (χ3v) is 5.18. The van der Waals surface area contributed by atoms with Gasteiger partial charge in [-0.25, -0.2) is 8.42 Å². The molecule has 17 heavy (non-hydrogen) atoms. The fraction of sp³-hybridized carbons (Fsp3) is 1.00. The van der Waals surface area contributed by atoms with Crippen molar-refractivity contribution >= 4 is 9.84 Å². The van der Waals surface area contributed by atoms with Crippen LogP contribution in [0.4, 0.5) is 0 Å². The van der Waals surface area contributed by atoms with E-state index in [0.717, 1.165) is 26.1 Å². The molecule has 1 rings (SSSR count). The molecule has 0 bridgehead atoms. The van der Waals surface area contributed by atoms with Gasteiger partial charge in [-0.3, -0.25) is 0 Å². The second-order valence-electron chi connectivity index (χ2n) is 4.99. The molecule has 1 fully saturated rings. The Balaban J connectivity index is 2.07. The van der Waals surface area contributed by atoms with E-state index in [1.807, 2.05) is 7.05 Å². The molecule has 0 spiro atoms. The Morgan fingerprint density at radius 2 is 2.06 bits per heavy atom. The van der Waals surface area contributed by atoms with E-state index in [9.17, 15) is 8.42 Å². The van der Waals surface area contributed by atoms with Gasteiger partial charge in [-0.1, -0.05) is 19.8 Å². The first-order chi connectivity index (χ1) is 8.05. The highest BCUT2D eigenvalue weighted by Gasteiger charge is 2.30. The van der Waals surface area contributed by atoms with Crippen LogP contribution in [0.5, 0.6) is 0 Å². The van der Waals surface area contributed by atoms with Gasteiger partial charge in [0.05, 0.1) is 11.5 Å². The van der Waals surface area contributed by atoms with Crippen molar-refractivity contribution in [3.05, 3.63) is 0 Å². The first kappa shape index (κ1) is 14.9. The van der Waals surface area contributed by atoms with Gasteiger partial charge in [0, 0.05) is 19.1 Å². The highest BCUT2D eigenvalue weighted by Crippen LogP contribution is 2.15. The van der Waals surface area contributed by atoms with Gasteiger partial charge >= 0.3 is 0 Å². The molecule has 0 aromatic heterocycles. The summed E-state index contributed by atoms with van der Waals surface area (Å²) in [6, 6.07) is 0.234. The Morgan fingerprint density at radius 3 is 2.65 bits per heavy atom. The van der Waals surface area contributed by atoms with Crippen molar-refractivity contribution in [3.8, 4) is 0 Å². The lowest BCUT2D eigenvalue weighted by Crippen LogP contribution is -2.37. The summed E-state index contributed by atoms with van der Waals surface area (Å²) in [6.07, 6.45) is 4.57. The van der Waals surface area contributed by atoms with Crippen molar-refractivity contribution in [1.82, 2.24) is 10.2 Å². The summed E-state index contributed by atoms with van der Waals surface area (Å²) in [5, 5.41) is 3.40. The fourth-order valence-corrected chi connectivity index (χ4v) is 3.99. The molecule has 4 nitrogen and oxygen atoms in total. The average Bonchev–Trinajstić information content (AvgIpc) is 2.64. The summed E-state index contributed by atoms with van der Waals surface area (Å²) in [5.74, 6) is 0.714. The quantitative estimate of drug-likeness (QED) is 0.660. The van der Waals surface area contributed by atoms with Crippen LogP contribution in [0.15, 0.2) is 0 Å². The Labute approximate surface area is 106 Å². The average molecular weight is 262 g/mol. The van der Waals surface area contributed by atoms with Gasteiger partial charge in [-0.2, -0.15) is 0 Å². The van der Waals surface area contributed by atoms with Gasteiger partial charge in [0.15, 0.2) is 9.84 Å². The van der Waals surface area contributed by atoms with E-state index in [4.69, 9.17) is 0 Å². The Bertz CT molecular complexity index is 304. The zero-order valence-corrected chi connectivity index (χ0v) is 11.9. The minimum Gasteiger partial charge on any atom is -0.315 e. The van der Waals surface area contributed by atoms with Crippen LogP contribution in [0, 0.1) is 0 Å². The number of hydrogen-bond donors (Lipinski definition) is 1. The minimum atomic E-state index is -2.75. The largest absolute Gasteiger partial charge is 0.315 e. The molecule has 1 atom stereocenters. The van der Waals surface area contributed by atoms with Gasteiger partial charge in [0.1, 0.15) is 0 Å². The number of rotatable bonds is 8. The van der Waals surface area contributed by atoms with Crippen molar-refractivity contribution in [1.29, 1.82) is 0 Å². The molecule has 0 aromatic rings. The SMILES string of the molecule is CCCCCNCCN(C)C1CCS(=O)(=O)C1. The zero-order valence-electron chi connectivity index (χ0n) is 11.1. The normalized spacial score (nSPS) is 23.4. The molecule has 1 aliphatic heterocycles. The second-order valence-corrected chi connectivity index (χ2v) is 7.22. The number of nitrogens with zero attached hydrogens (tertiary/aromatic N) is 1. The Hall–Kier alpha value is -0.130. The summed E-state index contributed by atoms with van der Waals surface area (Å²) < 4.78 is 22.7. The van der Waals surface area contributed by atoms with Crippen LogP contribution in [0.2, 0.25) is 0 Å². The highest BCUT2D eigenvalue weighted by atomic mass is 32.2. The predicted octanol–water partition coefficient (Wildman–Crippen LogP) is 0.885. The summed E-state index contributed by atoms with van der Waals surface area (Å²) in [5.41, 5.74) is 0. The molecule has 1 saturated heterocycles. The summed E-state index contributed by atoms with van der Waals surface area (Å²) in [4.78, 5) is 2.18. The van der Waals surface area contributed by atoms with Gasteiger partial charge in [0.25, 0.3) is 0 Å². The molecule has 5 heteroatoms. The molecule has 0 saturated carbocycles. The molecule has 0 aliphatic carbocycles. The molecular formula is C12H26N2O2S. The Morgan fingerprint density at radius 1 is 1.29 bits per heavy atom. The van der Waals surface area contributed by atoms with Crippen LogP contribution < -0.4 is 5.32 Å². The maximum absolute atomic E-state index is 11.4. The van der Waals surface area contributed by atoms with Gasteiger partial charge in [-0.15, -0.1) is 0 Å². The minimum absolute atomic E-state index is 0.234. The number of unbranched alkanes of at least 4 members (excludes halogenated alkanes) is 2. The van der Waals surface area contributed by atoms with Crippen LogP contribution in [-0.4, -0.2) is 57.5 Å². The predicted molar refractivity (Wildman–Crippen MR) is 72.1 cm³/mol. The van der Waals surface area contributed by atoms with Crippen LogP contribution in [-0.2, 0) is 9.84 Å².